The predicted octanol–water partition coefficient (Wildman–Crippen LogP) is 1.96. The lowest BCUT2D eigenvalue weighted by atomic mass is 10.0. The van der Waals surface area contributed by atoms with Crippen LogP contribution in [0, 0.1) is 0 Å². The van der Waals surface area contributed by atoms with Crippen LogP contribution in [0.2, 0.25) is 0 Å². The monoisotopic (exact) mass is 300 g/mol. The molecule has 0 heterocycles. The van der Waals surface area contributed by atoms with Crippen molar-refractivity contribution in [1.29, 1.82) is 0 Å². The van der Waals surface area contributed by atoms with Crippen LogP contribution in [0.15, 0.2) is 23.1 Å². The van der Waals surface area contributed by atoms with E-state index in [0.717, 1.165) is 5.56 Å². The minimum atomic E-state index is -3.63. The minimum Gasteiger partial charge on any atom is -0.495 e. The number of nitrogens with two attached hydrogens (primary N) is 1. The molecule has 0 radical (unpaired) electrons. The Balaban J connectivity index is 3.41. The summed E-state index contributed by atoms with van der Waals surface area (Å²) in [5.74, 6) is 0.334. The summed E-state index contributed by atoms with van der Waals surface area (Å²) >= 11 is 0. The Kier molecular flexibility index (Phi) is 5.18. The van der Waals surface area contributed by atoms with Gasteiger partial charge in [-0.25, -0.2) is 8.42 Å². The summed E-state index contributed by atoms with van der Waals surface area (Å²) in [6.07, 6.45) is 0.710. The predicted molar refractivity (Wildman–Crippen MR) is 80.2 cm³/mol. The number of methoxy groups -OCH3 is 1. The van der Waals surface area contributed by atoms with Crippen molar-refractivity contribution in [3.8, 4) is 5.75 Å². The number of benzene rings is 1. The molecule has 0 aliphatic rings. The topological polar surface area (TPSA) is 72.6 Å². The summed E-state index contributed by atoms with van der Waals surface area (Å²) in [5.41, 5.74) is 5.88. The Hall–Kier alpha value is -1.11. The third-order valence-corrected chi connectivity index (χ3v) is 5.91. The van der Waals surface area contributed by atoms with Gasteiger partial charge in [-0.2, -0.15) is 4.31 Å². The highest BCUT2D eigenvalue weighted by Crippen LogP contribution is 2.31. The molecule has 6 heteroatoms. The van der Waals surface area contributed by atoms with Crippen molar-refractivity contribution < 1.29 is 13.2 Å². The van der Waals surface area contributed by atoms with Gasteiger partial charge in [-0.1, -0.05) is 13.0 Å². The van der Waals surface area contributed by atoms with E-state index in [4.69, 9.17) is 10.5 Å². The van der Waals surface area contributed by atoms with Crippen molar-refractivity contribution in [2.24, 2.45) is 5.73 Å². The molecule has 1 aromatic rings. The molecular weight excluding hydrogens is 276 g/mol. The third-order valence-electron chi connectivity index (χ3n) is 3.82. The molecule has 0 spiro atoms. The van der Waals surface area contributed by atoms with E-state index >= 15 is 0 Å². The van der Waals surface area contributed by atoms with E-state index in [1.165, 1.54) is 11.4 Å². The maximum atomic E-state index is 12.8. The van der Waals surface area contributed by atoms with Crippen LogP contribution in [0.3, 0.4) is 0 Å². The second-order valence-corrected chi connectivity index (χ2v) is 7.27. The molecule has 0 aromatic heterocycles. The van der Waals surface area contributed by atoms with Gasteiger partial charge in [0.1, 0.15) is 10.6 Å². The molecule has 0 saturated heterocycles. The van der Waals surface area contributed by atoms with Crippen LogP contribution in [0.1, 0.15) is 32.8 Å². The molecule has 114 valence electrons. The number of hydrogen-bond acceptors (Lipinski definition) is 4. The SMILES string of the molecule is CCC(C)(C)N(C)S(=O)(=O)c1cc(CN)ccc1OC. The fourth-order valence-corrected chi connectivity index (χ4v) is 3.53. The summed E-state index contributed by atoms with van der Waals surface area (Å²) in [6, 6.07) is 4.99. The van der Waals surface area contributed by atoms with Gasteiger partial charge in [0, 0.05) is 19.1 Å². The second-order valence-electron chi connectivity index (χ2n) is 5.33. The van der Waals surface area contributed by atoms with Gasteiger partial charge in [-0.05, 0) is 38.0 Å². The molecular formula is C14H24N2O3S. The van der Waals surface area contributed by atoms with Crippen LogP contribution >= 0.6 is 0 Å². The summed E-state index contributed by atoms with van der Waals surface area (Å²) in [5, 5.41) is 0. The van der Waals surface area contributed by atoms with Crippen LogP contribution < -0.4 is 10.5 Å². The maximum absolute atomic E-state index is 12.8. The standard InChI is InChI=1S/C14H24N2O3S/c1-6-14(2,3)16(4)20(17,18)13-9-11(10-15)7-8-12(13)19-5/h7-9H,6,10,15H2,1-5H3. The molecule has 0 unspecified atom stereocenters. The first-order valence-electron chi connectivity index (χ1n) is 6.56. The Morgan fingerprint density at radius 1 is 1.35 bits per heavy atom. The molecule has 0 aliphatic heterocycles. The molecule has 1 aromatic carbocycles. The average molecular weight is 300 g/mol. The number of sulfonamides is 1. The lowest BCUT2D eigenvalue weighted by Crippen LogP contribution is -2.44. The number of hydrogen-bond donors (Lipinski definition) is 1. The zero-order chi connectivity index (χ0) is 15.6. The van der Waals surface area contributed by atoms with Gasteiger partial charge in [-0.15, -0.1) is 0 Å². The molecule has 2 N–H and O–H groups in total. The Morgan fingerprint density at radius 3 is 2.40 bits per heavy atom. The summed E-state index contributed by atoms with van der Waals surface area (Å²) < 4.78 is 32.1. The van der Waals surface area contributed by atoms with Gasteiger partial charge in [0.05, 0.1) is 7.11 Å². The molecule has 0 fully saturated rings. The molecule has 0 aliphatic carbocycles. The van der Waals surface area contributed by atoms with Crippen LogP contribution in [0.5, 0.6) is 5.75 Å². The zero-order valence-corrected chi connectivity index (χ0v) is 13.6. The van der Waals surface area contributed by atoms with Gasteiger partial charge < -0.3 is 10.5 Å². The highest BCUT2D eigenvalue weighted by Gasteiger charge is 2.34. The minimum absolute atomic E-state index is 0.159. The van der Waals surface area contributed by atoms with Crippen molar-refractivity contribution in [2.45, 2.75) is 44.2 Å². The molecule has 0 saturated carbocycles. The van der Waals surface area contributed by atoms with Crippen LogP contribution in [0.25, 0.3) is 0 Å². The largest absolute Gasteiger partial charge is 0.495 e. The van der Waals surface area contributed by atoms with Crippen LogP contribution in [-0.2, 0) is 16.6 Å². The van der Waals surface area contributed by atoms with Crippen molar-refractivity contribution in [1.82, 2.24) is 4.31 Å². The zero-order valence-electron chi connectivity index (χ0n) is 12.8. The first-order chi connectivity index (χ1) is 9.20. The van der Waals surface area contributed by atoms with E-state index in [1.54, 1.807) is 25.2 Å². The number of ether oxygens (including phenoxy) is 1. The first-order valence-corrected chi connectivity index (χ1v) is 8.00. The van der Waals surface area contributed by atoms with Crippen molar-refractivity contribution in [3.63, 3.8) is 0 Å². The van der Waals surface area contributed by atoms with Gasteiger partial charge in [-0.3, -0.25) is 0 Å². The lowest BCUT2D eigenvalue weighted by molar-refractivity contribution is 0.256. The first kappa shape index (κ1) is 16.9. The third kappa shape index (κ3) is 3.13. The summed E-state index contributed by atoms with van der Waals surface area (Å²) in [7, 11) is -0.581. The summed E-state index contributed by atoms with van der Waals surface area (Å²) in [6.45, 7) is 6.03. The highest BCUT2D eigenvalue weighted by atomic mass is 32.2. The van der Waals surface area contributed by atoms with Gasteiger partial charge in [0.25, 0.3) is 0 Å². The second kappa shape index (κ2) is 6.11. The van der Waals surface area contributed by atoms with Crippen molar-refractivity contribution >= 4 is 10.0 Å². The van der Waals surface area contributed by atoms with E-state index in [2.05, 4.69) is 0 Å². The Morgan fingerprint density at radius 2 is 1.95 bits per heavy atom. The normalized spacial score (nSPS) is 12.8. The van der Waals surface area contributed by atoms with E-state index in [0.29, 0.717) is 12.2 Å². The maximum Gasteiger partial charge on any atom is 0.247 e. The van der Waals surface area contributed by atoms with Gasteiger partial charge in [0.2, 0.25) is 10.0 Å². The van der Waals surface area contributed by atoms with E-state index < -0.39 is 15.6 Å². The lowest BCUT2D eigenvalue weighted by Gasteiger charge is -2.34. The van der Waals surface area contributed by atoms with Crippen molar-refractivity contribution in [2.75, 3.05) is 14.2 Å². The van der Waals surface area contributed by atoms with Gasteiger partial charge in [0.15, 0.2) is 0 Å². The highest BCUT2D eigenvalue weighted by molar-refractivity contribution is 7.89. The van der Waals surface area contributed by atoms with Crippen LogP contribution in [-0.4, -0.2) is 32.4 Å². The molecule has 0 atom stereocenters. The number of nitrogens with zero attached hydrogens (tertiary/aromatic N) is 1. The van der Waals surface area contributed by atoms with Gasteiger partial charge >= 0.3 is 0 Å². The fraction of sp³-hybridized carbons (Fsp3) is 0.571. The Bertz CT molecular complexity index is 568. The number of rotatable bonds is 6. The molecule has 1 rings (SSSR count). The molecule has 0 bridgehead atoms. The van der Waals surface area contributed by atoms with E-state index in [9.17, 15) is 8.42 Å². The quantitative estimate of drug-likeness (QED) is 0.871. The smallest absolute Gasteiger partial charge is 0.247 e. The Labute approximate surface area is 121 Å². The molecule has 0 amide bonds. The molecule has 20 heavy (non-hydrogen) atoms. The van der Waals surface area contributed by atoms with Crippen LogP contribution in [0.4, 0.5) is 0 Å². The van der Waals surface area contributed by atoms with E-state index in [-0.39, 0.29) is 11.4 Å². The van der Waals surface area contributed by atoms with E-state index in [1.807, 2.05) is 20.8 Å². The summed E-state index contributed by atoms with van der Waals surface area (Å²) in [4.78, 5) is 0.159. The fourth-order valence-electron chi connectivity index (χ4n) is 1.75. The average Bonchev–Trinajstić information content (AvgIpc) is 2.45. The van der Waals surface area contributed by atoms with Crippen molar-refractivity contribution in [3.05, 3.63) is 23.8 Å². The molecule has 5 nitrogen and oxygen atoms in total.